The maximum atomic E-state index is 11.6. The molecule has 0 radical (unpaired) electrons. The lowest BCUT2D eigenvalue weighted by atomic mass is 10.4. The van der Waals surface area contributed by atoms with Gasteiger partial charge in [0.2, 0.25) is 10.0 Å². The number of ether oxygens (including phenoxy) is 2. The number of hydrogen-bond acceptors (Lipinski definition) is 5. The number of hydrogen-bond donors (Lipinski definition) is 0. The fraction of sp³-hybridized carbons (Fsp3) is 0.875. The number of carbonyl (C=O) groups is 1. The van der Waals surface area contributed by atoms with Gasteiger partial charge in [0, 0.05) is 20.2 Å². The van der Waals surface area contributed by atoms with E-state index in [-0.39, 0.29) is 30.8 Å². The lowest BCUT2D eigenvalue weighted by Crippen LogP contribution is -2.36. The van der Waals surface area contributed by atoms with Crippen LogP contribution in [0.2, 0.25) is 0 Å². The SMILES string of the molecule is COCCN(CCC(=O)OC)S(=O)(=O)CBr. The highest BCUT2D eigenvalue weighted by Gasteiger charge is 2.21. The lowest BCUT2D eigenvalue weighted by molar-refractivity contribution is -0.140. The Labute approximate surface area is 104 Å². The van der Waals surface area contributed by atoms with E-state index in [0.29, 0.717) is 0 Å². The molecule has 0 aliphatic heterocycles. The summed E-state index contributed by atoms with van der Waals surface area (Å²) >= 11 is 2.90. The van der Waals surface area contributed by atoms with Crippen LogP contribution in [0.15, 0.2) is 0 Å². The van der Waals surface area contributed by atoms with Crippen molar-refractivity contribution in [1.82, 2.24) is 4.31 Å². The molecule has 0 aliphatic carbocycles. The number of halogens is 1. The van der Waals surface area contributed by atoms with Crippen molar-refractivity contribution in [3.05, 3.63) is 0 Å². The Morgan fingerprint density at radius 3 is 2.38 bits per heavy atom. The van der Waals surface area contributed by atoms with Crippen LogP contribution in [-0.4, -0.2) is 57.3 Å². The summed E-state index contributed by atoms with van der Waals surface area (Å²) in [4.78, 5) is 10.9. The first-order chi connectivity index (χ1) is 7.47. The Balaban J connectivity index is 4.38. The van der Waals surface area contributed by atoms with E-state index in [1.807, 2.05) is 0 Å². The van der Waals surface area contributed by atoms with Crippen LogP contribution in [0.1, 0.15) is 6.42 Å². The van der Waals surface area contributed by atoms with Gasteiger partial charge in [-0.25, -0.2) is 8.42 Å². The van der Waals surface area contributed by atoms with Crippen molar-refractivity contribution in [2.45, 2.75) is 6.42 Å². The van der Waals surface area contributed by atoms with E-state index >= 15 is 0 Å². The van der Waals surface area contributed by atoms with Gasteiger partial charge in [0.25, 0.3) is 0 Å². The third-order valence-corrected chi connectivity index (χ3v) is 5.03. The highest BCUT2D eigenvalue weighted by molar-refractivity contribution is 9.10. The number of methoxy groups -OCH3 is 2. The van der Waals surface area contributed by atoms with Crippen LogP contribution in [0.5, 0.6) is 0 Å². The summed E-state index contributed by atoms with van der Waals surface area (Å²) in [5.74, 6) is -0.438. The average Bonchev–Trinajstić information content (AvgIpc) is 2.28. The lowest BCUT2D eigenvalue weighted by Gasteiger charge is -2.19. The number of carbonyl (C=O) groups excluding carboxylic acids is 1. The van der Waals surface area contributed by atoms with Crippen molar-refractivity contribution in [1.29, 1.82) is 0 Å². The molecular weight excluding hydrogens is 302 g/mol. The molecule has 0 heterocycles. The molecule has 0 saturated heterocycles. The van der Waals surface area contributed by atoms with Crippen LogP contribution in [0.4, 0.5) is 0 Å². The zero-order chi connectivity index (χ0) is 12.6. The molecular formula is C8H16BrNO5S. The molecule has 0 aliphatic rings. The smallest absolute Gasteiger partial charge is 0.306 e. The molecule has 0 aromatic rings. The van der Waals surface area contributed by atoms with Gasteiger partial charge in [-0.1, -0.05) is 15.9 Å². The van der Waals surface area contributed by atoms with Gasteiger partial charge in [0.05, 0.1) is 20.1 Å². The molecule has 96 valence electrons. The molecule has 0 aromatic heterocycles. The van der Waals surface area contributed by atoms with Crippen LogP contribution < -0.4 is 0 Å². The summed E-state index contributed by atoms with van der Waals surface area (Å²) in [6, 6.07) is 0. The minimum Gasteiger partial charge on any atom is -0.469 e. The van der Waals surface area contributed by atoms with Gasteiger partial charge in [-0.2, -0.15) is 4.31 Å². The Hall–Kier alpha value is -0.180. The van der Waals surface area contributed by atoms with Crippen molar-refractivity contribution >= 4 is 31.9 Å². The molecule has 0 aromatic carbocycles. The number of nitrogens with zero attached hydrogens (tertiary/aromatic N) is 1. The van der Waals surface area contributed by atoms with Gasteiger partial charge in [0.1, 0.15) is 4.66 Å². The summed E-state index contributed by atoms with van der Waals surface area (Å²) in [6.07, 6.45) is 0.0342. The van der Waals surface area contributed by atoms with Crippen LogP contribution >= 0.6 is 15.9 Å². The zero-order valence-corrected chi connectivity index (χ0v) is 11.7. The quantitative estimate of drug-likeness (QED) is 0.471. The standard InChI is InChI=1S/C8H16BrNO5S/c1-14-6-5-10(16(12,13)7-9)4-3-8(11)15-2/h3-7H2,1-2H3. The van der Waals surface area contributed by atoms with E-state index in [1.165, 1.54) is 18.5 Å². The van der Waals surface area contributed by atoms with E-state index in [1.54, 1.807) is 0 Å². The van der Waals surface area contributed by atoms with Gasteiger partial charge in [0.15, 0.2) is 0 Å². The zero-order valence-electron chi connectivity index (χ0n) is 9.31. The van der Waals surface area contributed by atoms with Crippen molar-refractivity contribution in [3.8, 4) is 0 Å². The topological polar surface area (TPSA) is 72.9 Å². The number of rotatable bonds is 8. The van der Waals surface area contributed by atoms with E-state index in [4.69, 9.17) is 4.74 Å². The number of alkyl halides is 1. The highest BCUT2D eigenvalue weighted by atomic mass is 79.9. The summed E-state index contributed by atoms with van der Waals surface area (Å²) in [6.45, 7) is 0.610. The molecule has 6 nitrogen and oxygen atoms in total. The summed E-state index contributed by atoms with van der Waals surface area (Å²) < 4.78 is 33.4. The van der Waals surface area contributed by atoms with Crippen LogP contribution in [0.25, 0.3) is 0 Å². The monoisotopic (exact) mass is 317 g/mol. The molecule has 0 amide bonds. The van der Waals surface area contributed by atoms with Crippen LogP contribution in [0.3, 0.4) is 0 Å². The molecule has 0 N–H and O–H groups in total. The third-order valence-electron chi connectivity index (χ3n) is 1.87. The molecule has 8 heteroatoms. The van der Waals surface area contributed by atoms with Gasteiger partial charge in [-0.3, -0.25) is 4.79 Å². The molecule has 0 atom stereocenters. The molecule has 0 fully saturated rings. The van der Waals surface area contributed by atoms with Gasteiger partial charge in [-0.05, 0) is 0 Å². The third kappa shape index (κ3) is 5.78. The van der Waals surface area contributed by atoms with E-state index in [0.717, 1.165) is 0 Å². The normalized spacial score (nSPS) is 11.8. The van der Waals surface area contributed by atoms with Gasteiger partial charge < -0.3 is 9.47 Å². The van der Waals surface area contributed by atoms with Crippen LogP contribution in [-0.2, 0) is 24.3 Å². The number of sulfonamides is 1. The summed E-state index contributed by atoms with van der Waals surface area (Å²) in [5.41, 5.74) is 0. The Kier molecular flexibility index (Phi) is 7.90. The molecule has 0 bridgehead atoms. The Morgan fingerprint density at radius 1 is 1.31 bits per heavy atom. The molecule has 0 saturated carbocycles. The highest BCUT2D eigenvalue weighted by Crippen LogP contribution is 2.06. The van der Waals surface area contributed by atoms with Crippen molar-refractivity contribution in [2.24, 2.45) is 0 Å². The fourth-order valence-electron chi connectivity index (χ4n) is 0.970. The van der Waals surface area contributed by atoms with Gasteiger partial charge in [-0.15, -0.1) is 0 Å². The van der Waals surface area contributed by atoms with Crippen molar-refractivity contribution in [3.63, 3.8) is 0 Å². The second kappa shape index (κ2) is 7.99. The van der Waals surface area contributed by atoms with Crippen molar-refractivity contribution in [2.75, 3.05) is 38.6 Å². The largest absolute Gasteiger partial charge is 0.469 e. The maximum absolute atomic E-state index is 11.6. The Bertz CT molecular complexity index is 306. The average molecular weight is 318 g/mol. The second-order valence-electron chi connectivity index (χ2n) is 2.94. The first kappa shape index (κ1) is 15.8. The molecule has 0 unspecified atom stereocenters. The molecule has 16 heavy (non-hydrogen) atoms. The Morgan fingerprint density at radius 2 is 1.94 bits per heavy atom. The fourth-order valence-corrected chi connectivity index (χ4v) is 2.70. The van der Waals surface area contributed by atoms with Crippen molar-refractivity contribution < 1.29 is 22.7 Å². The summed E-state index contributed by atoms with van der Waals surface area (Å²) in [7, 11) is -0.624. The second-order valence-corrected chi connectivity index (χ2v) is 6.21. The molecule has 0 spiro atoms. The van der Waals surface area contributed by atoms with E-state index in [2.05, 4.69) is 20.7 Å². The minimum absolute atomic E-state index is 0.0342. The maximum Gasteiger partial charge on any atom is 0.306 e. The van der Waals surface area contributed by atoms with Crippen LogP contribution in [0, 0.1) is 0 Å². The first-order valence-corrected chi connectivity index (χ1v) is 7.30. The van der Waals surface area contributed by atoms with Gasteiger partial charge >= 0.3 is 5.97 Å². The minimum atomic E-state index is -3.37. The van der Waals surface area contributed by atoms with E-state index < -0.39 is 16.0 Å². The summed E-state index contributed by atoms with van der Waals surface area (Å²) in [5, 5.41) is 0. The predicted molar refractivity (Wildman–Crippen MR) is 62.8 cm³/mol. The number of esters is 1. The van der Waals surface area contributed by atoms with E-state index in [9.17, 15) is 13.2 Å². The molecule has 0 rings (SSSR count). The predicted octanol–water partition coefficient (Wildman–Crippen LogP) is 0.180. The first-order valence-electron chi connectivity index (χ1n) is 4.57.